The first kappa shape index (κ1) is 10.8. The Kier molecular flexibility index (Phi) is 4.22. The Labute approximate surface area is 87.0 Å². The highest BCUT2D eigenvalue weighted by Crippen LogP contribution is 2.19. The monoisotopic (exact) mass is 186 g/mol. The topological polar surface area (TPSA) is 0 Å². The molecule has 0 radical (unpaired) electrons. The van der Waals surface area contributed by atoms with E-state index in [1.165, 1.54) is 11.1 Å². The molecule has 0 nitrogen and oxygen atoms in total. The number of allylic oxidation sites excluding steroid dienone is 7. The van der Waals surface area contributed by atoms with Gasteiger partial charge in [-0.3, -0.25) is 0 Å². The van der Waals surface area contributed by atoms with Gasteiger partial charge in [0.2, 0.25) is 0 Å². The fraction of sp³-hybridized carbons (Fsp3) is 0.357. The van der Waals surface area contributed by atoms with Gasteiger partial charge < -0.3 is 0 Å². The molecule has 0 amide bonds. The maximum Gasteiger partial charge on any atom is 0.0274 e. The Bertz CT molecular complexity index is 331. The van der Waals surface area contributed by atoms with E-state index < -0.39 is 0 Å². The minimum atomic E-state index is 0.409. The van der Waals surface area contributed by atoms with Crippen LogP contribution in [0.4, 0.5) is 0 Å². The summed E-state index contributed by atoms with van der Waals surface area (Å²) in [5.74, 6) is 0.409. The molecule has 0 bridgehead atoms. The average molecular weight is 186 g/mol. The van der Waals surface area contributed by atoms with E-state index in [0.29, 0.717) is 5.92 Å². The van der Waals surface area contributed by atoms with Gasteiger partial charge >= 0.3 is 0 Å². The molecule has 0 N–H and O–H groups in total. The number of hydrogen-bond donors (Lipinski definition) is 0. The first-order valence-electron chi connectivity index (χ1n) is 5.22. The van der Waals surface area contributed by atoms with Gasteiger partial charge in [0.05, 0.1) is 0 Å². The van der Waals surface area contributed by atoms with Gasteiger partial charge in [0, 0.05) is 5.92 Å². The third kappa shape index (κ3) is 2.90. The van der Waals surface area contributed by atoms with Crippen LogP contribution in [-0.2, 0) is 0 Å². The molecule has 0 spiro atoms. The SMILES string of the molecule is C/C=C(\C=C/CC)C1C=C=C(C)C=C1. The highest BCUT2D eigenvalue weighted by molar-refractivity contribution is 5.34. The molecule has 1 aliphatic carbocycles. The summed E-state index contributed by atoms with van der Waals surface area (Å²) < 4.78 is 0. The molecule has 0 fully saturated rings. The predicted octanol–water partition coefficient (Wildman–Crippen LogP) is 4.19. The predicted molar refractivity (Wildman–Crippen MR) is 63.1 cm³/mol. The van der Waals surface area contributed by atoms with E-state index in [-0.39, 0.29) is 0 Å². The summed E-state index contributed by atoms with van der Waals surface area (Å²) in [7, 11) is 0. The summed E-state index contributed by atoms with van der Waals surface area (Å²) in [6, 6.07) is 0. The molecule has 0 aromatic heterocycles. The van der Waals surface area contributed by atoms with Crippen LogP contribution in [0, 0.1) is 5.92 Å². The number of rotatable bonds is 3. The Morgan fingerprint density at radius 2 is 2.36 bits per heavy atom. The molecule has 74 valence electrons. The van der Waals surface area contributed by atoms with Crippen LogP contribution in [0.3, 0.4) is 0 Å². The van der Waals surface area contributed by atoms with E-state index in [9.17, 15) is 0 Å². The van der Waals surface area contributed by atoms with Crippen LogP contribution in [0.25, 0.3) is 0 Å². The van der Waals surface area contributed by atoms with Crippen LogP contribution in [0.5, 0.6) is 0 Å². The molecule has 0 saturated carbocycles. The first-order chi connectivity index (χ1) is 6.77. The van der Waals surface area contributed by atoms with Crippen LogP contribution in [0.15, 0.2) is 53.3 Å². The van der Waals surface area contributed by atoms with Gasteiger partial charge in [-0.25, -0.2) is 0 Å². The van der Waals surface area contributed by atoms with Gasteiger partial charge in [-0.15, -0.1) is 5.73 Å². The van der Waals surface area contributed by atoms with Crippen molar-refractivity contribution in [2.75, 3.05) is 0 Å². The molecule has 1 unspecified atom stereocenters. The molecule has 0 saturated heterocycles. The minimum absolute atomic E-state index is 0.409. The van der Waals surface area contributed by atoms with E-state index in [1.807, 2.05) is 0 Å². The van der Waals surface area contributed by atoms with Crippen LogP contribution in [0.2, 0.25) is 0 Å². The summed E-state index contributed by atoms with van der Waals surface area (Å²) in [6.07, 6.45) is 14.1. The van der Waals surface area contributed by atoms with Gasteiger partial charge in [0.15, 0.2) is 0 Å². The van der Waals surface area contributed by atoms with Crippen molar-refractivity contribution in [3.8, 4) is 0 Å². The van der Waals surface area contributed by atoms with Gasteiger partial charge in [0.25, 0.3) is 0 Å². The Morgan fingerprint density at radius 1 is 1.57 bits per heavy atom. The van der Waals surface area contributed by atoms with Crippen molar-refractivity contribution >= 4 is 0 Å². The smallest absolute Gasteiger partial charge is 0.0274 e. The molecule has 1 aliphatic rings. The second-order valence-corrected chi connectivity index (χ2v) is 3.48. The fourth-order valence-corrected chi connectivity index (χ4v) is 1.43. The van der Waals surface area contributed by atoms with Crippen LogP contribution >= 0.6 is 0 Å². The molecule has 0 heteroatoms. The van der Waals surface area contributed by atoms with Crippen molar-refractivity contribution < 1.29 is 0 Å². The van der Waals surface area contributed by atoms with Crippen molar-refractivity contribution in [3.63, 3.8) is 0 Å². The second kappa shape index (κ2) is 5.47. The second-order valence-electron chi connectivity index (χ2n) is 3.48. The Morgan fingerprint density at radius 3 is 2.86 bits per heavy atom. The Hall–Kier alpha value is -1.26. The maximum absolute atomic E-state index is 3.25. The van der Waals surface area contributed by atoms with Crippen molar-refractivity contribution in [1.82, 2.24) is 0 Å². The van der Waals surface area contributed by atoms with E-state index in [4.69, 9.17) is 0 Å². The van der Waals surface area contributed by atoms with Gasteiger partial charge in [-0.05, 0) is 37.5 Å². The first-order valence-corrected chi connectivity index (χ1v) is 5.22. The van der Waals surface area contributed by atoms with Crippen LogP contribution < -0.4 is 0 Å². The lowest BCUT2D eigenvalue weighted by Gasteiger charge is -2.10. The highest BCUT2D eigenvalue weighted by atomic mass is 14.1. The van der Waals surface area contributed by atoms with E-state index in [0.717, 1.165) is 6.42 Å². The zero-order valence-electron chi connectivity index (χ0n) is 9.25. The molecule has 0 aliphatic heterocycles. The molecule has 1 rings (SSSR count). The normalized spacial score (nSPS) is 21.8. The largest absolute Gasteiger partial charge is 0.121 e. The molecular weight excluding hydrogens is 168 g/mol. The summed E-state index contributed by atoms with van der Waals surface area (Å²) >= 11 is 0. The number of hydrogen-bond acceptors (Lipinski definition) is 0. The van der Waals surface area contributed by atoms with Gasteiger partial charge in [-0.1, -0.05) is 37.3 Å². The van der Waals surface area contributed by atoms with Crippen molar-refractivity contribution in [2.45, 2.75) is 27.2 Å². The van der Waals surface area contributed by atoms with Gasteiger partial charge in [0.1, 0.15) is 0 Å². The summed E-state index contributed by atoms with van der Waals surface area (Å²) in [5, 5.41) is 0. The zero-order chi connectivity index (χ0) is 10.4. The van der Waals surface area contributed by atoms with E-state index in [1.54, 1.807) is 0 Å². The summed E-state index contributed by atoms with van der Waals surface area (Å²) in [5.41, 5.74) is 5.81. The lowest BCUT2D eigenvalue weighted by atomic mass is 9.94. The third-order valence-corrected chi connectivity index (χ3v) is 2.31. The molecule has 14 heavy (non-hydrogen) atoms. The molecule has 1 atom stereocenters. The quantitative estimate of drug-likeness (QED) is 0.458. The van der Waals surface area contributed by atoms with Crippen molar-refractivity contribution in [3.05, 3.63) is 53.3 Å². The van der Waals surface area contributed by atoms with Crippen molar-refractivity contribution in [2.24, 2.45) is 5.92 Å². The minimum Gasteiger partial charge on any atom is -0.121 e. The summed E-state index contributed by atoms with van der Waals surface area (Å²) in [4.78, 5) is 0. The molecule has 0 heterocycles. The zero-order valence-corrected chi connectivity index (χ0v) is 9.25. The average Bonchev–Trinajstić information content (AvgIpc) is 2.21. The van der Waals surface area contributed by atoms with Crippen molar-refractivity contribution in [1.29, 1.82) is 0 Å². The maximum atomic E-state index is 3.25. The highest BCUT2D eigenvalue weighted by Gasteiger charge is 2.05. The molecular formula is C14H18. The van der Waals surface area contributed by atoms with E-state index in [2.05, 4.69) is 63.0 Å². The lowest BCUT2D eigenvalue weighted by molar-refractivity contribution is 0.986. The Balaban J connectivity index is 2.80. The summed E-state index contributed by atoms with van der Waals surface area (Å²) in [6.45, 7) is 6.31. The third-order valence-electron chi connectivity index (χ3n) is 2.31. The lowest BCUT2D eigenvalue weighted by Crippen LogP contribution is -1.96. The molecule has 0 aromatic rings. The van der Waals surface area contributed by atoms with Crippen LogP contribution in [-0.4, -0.2) is 0 Å². The molecule has 0 aromatic carbocycles. The fourth-order valence-electron chi connectivity index (χ4n) is 1.43. The van der Waals surface area contributed by atoms with Gasteiger partial charge in [-0.2, -0.15) is 0 Å². The van der Waals surface area contributed by atoms with Crippen LogP contribution in [0.1, 0.15) is 27.2 Å². The standard InChI is InChI=1S/C14H18/c1-4-6-7-13(5-2)14-10-8-12(3)9-11-14/h5-8,10-11,14H,4H2,1-3H3/b7-6-,13-5+. The van der Waals surface area contributed by atoms with E-state index >= 15 is 0 Å².